The van der Waals surface area contributed by atoms with Crippen LogP contribution in [0.25, 0.3) is 0 Å². The molecule has 0 spiro atoms. The molecular formula is C11H14BrNO. The van der Waals surface area contributed by atoms with Crippen LogP contribution in [0.2, 0.25) is 0 Å². The lowest BCUT2D eigenvalue weighted by Gasteiger charge is -2.16. The number of aryl methyl sites for hydroxylation is 1. The second kappa shape index (κ2) is 2.97. The highest BCUT2D eigenvalue weighted by atomic mass is 79.9. The molecule has 1 aliphatic carbocycles. The largest absolute Gasteiger partial charge is 0.506 e. The van der Waals surface area contributed by atoms with Crippen molar-refractivity contribution in [3.8, 4) is 5.75 Å². The summed E-state index contributed by atoms with van der Waals surface area (Å²) in [5.74, 6) is 0.313. The molecule has 0 aliphatic heterocycles. The number of benzene rings is 1. The zero-order valence-corrected chi connectivity index (χ0v) is 9.98. The fourth-order valence-corrected chi connectivity index (χ4v) is 2.17. The summed E-state index contributed by atoms with van der Waals surface area (Å²) in [4.78, 5) is 0. The molecule has 0 unspecified atom stereocenters. The van der Waals surface area contributed by atoms with Crippen molar-refractivity contribution in [2.45, 2.75) is 32.2 Å². The summed E-state index contributed by atoms with van der Waals surface area (Å²) < 4.78 is 0.782. The van der Waals surface area contributed by atoms with Gasteiger partial charge >= 0.3 is 0 Å². The predicted molar refractivity (Wildman–Crippen MR) is 60.4 cm³/mol. The van der Waals surface area contributed by atoms with Crippen LogP contribution in [-0.4, -0.2) is 5.11 Å². The van der Waals surface area contributed by atoms with Crippen LogP contribution in [0.1, 0.15) is 29.5 Å². The number of rotatable bonds is 1. The average molecular weight is 256 g/mol. The zero-order valence-electron chi connectivity index (χ0n) is 8.39. The van der Waals surface area contributed by atoms with E-state index in [0.717, 1.165) is 28.4 Å². The minimum absolute atomic E-state index is 0.273. The van der Waals surface area contributed by atoms with Gasteiger partial charge in [0.15, 0.2) is 0 Å². The molecule has 1 aromatic carbocycles. The lowest BCUT2D eigenvalue weighted by atomic mass is 9.99. The van der Waals surface area contributed by atoms with Crippen LogP contribution in [0.3, 0.4) is 0 Å². The number of phenols is 1. The third-order valence-corrected chi connectivity index (χ3v) is 4.04. The van der Waals surface area contributed by atoms with Crippen molar-refractivity contribution in [2.24, 2.45) is 5.73 Å². The monoisotopic (exact) mass is 255 g/mol. The van der Waals surface area contributed by atoms with E-state index in [-0.39, 0.29) is 5.54 Å². The molecule has 0 bridgehead atoms. The predicted octanol–water partition coefficient (Wildman–Crippen LogP) is 2.72. The minimum Gasteiger partial charge on any atom is -0.506 e. The molecule has 0 heterocycles. The van der Waals surface area contributed by atoms with Crippen LogP contribution in [0, 0.1) is 13.8 Å². The van der Waals surface area contributed by atoms with Gasteiger partial charge in [-0.25, -0.2) is 0 Å². The van der Waals surface area contributed by atoms with Crippen LogP contribution in [-0.2, 0) is 5.54 Å². The number of halogens is 1. The van der Waals surface area contributed by atoms with Crippen molar-refractivity contribution in [2.75, 3.05) is 0 Å². The highest BCUT2D eigenvalue weighted by Crippen LogP contribution is 2.49. The van der Waals surface area contributed by atoms with Gasteiger partial charge in [0.25, 0.3) is 0 Å². The van der Waals surface area contributed by atoms with Crippen LogP contribution >= 0.6 is 15.9 Å². The van der Waals surface area contributed by atoms with Gasteiger partial charge in [-0.2, -0.15) is 0 Å². The molecule has 1 aromatic rings. The summed E-state index contributed by atoms with van der Waals surface area (Å²) in [5, 5.41) is 9.95. The van der Waals surface area contributed by atoms with E-state index in [1.54, 1.807) is 0 Å². The van der Waals surface area contributed by atoms with Gasteiger partial charge in [-0.15, -0.1) is 0 Å². The Kier molecular flexibility index (Phi) is 2.12. The van der Waals surface area contributed by atoms with Gasteiger partial charge in [-0.3, -0.25) is 0 Å². The third kappa shape index (κ3) is 1.35. The van der Waals surface area contributed by atoms with Gasteiger partial charge in [-0.1, -0.05) is 6.07 Å². The highest BCUT2D eigenvalue weighted by Gasteiger charge is 2.42. The maximum Gasteiger partial charge on any atom is 0.135 e. The van der Waals surface area contributed by atoms with Gasteiger partial charge < -0.3 is 10.8 Å². The van der Waals surface area contributed by atoms with E-state index in [9.17, 15) is 5.11 Å². The fraction of sp³-hybridized carbons (Fsp3) is 0.455. The van der Waals surface area contributed by atoms with E-state index in [0.29, 0.717) is 5.75 Å². The summed E-state index contributed by atoms with van der Waals surface area (Å²) in [5.41, 5.74) is 8.93. The molecule has 76 valence electrons. The van der Waals surface area contributed by atoms with Crippen molar-refractivity contribution in [3.05, 3.63) is 27.2 Å². The van der Waals surface area contributed by atoms with Crippen LogP contribution in [0.4, 0.5) is 0 Å². The third-order valence-electron chi connectivity index (χ3n) is 3.07. The lowest BCUT2D eigenvalue weighted by Crippen LogP contribution is -2.19. The van der Waals surface area contributed by atoms with Gasteiger partial charge in [0.2, 0.25) is 0 Å². The molecule has 1 fully saturated rings. The number of nitrogens with two attached hydrogens (primary N) is 1. The Bertz CT molecular complexity index is 397. The standard InChI is InChI=1S/C11H14BrNO/c1-6-5-8(11(13)3-4-11)10(14)9(12)7(6)2/h5,14H,3-4,13H2,1-2H3. The topological polar surface area (TPSA) is 46.2 Å². The summed E-state index contributed by atoms with van der Waals surface area (Å²) in [6, 6.07) is 2.00. The van der Waals surface area contributed by atoms with Crippen LogP contribution < -0.4 is 5.73 Å². The summed E-state index contributed by atoms with van der Waals surface area (Å²) in [6.07, 6.45) is 1.94. The molecule has 2 rings (SSSR count). The maximum absolute atomic E-state index is 9.95. The summed E-state index contributed by atoms with van der Waals surface area (Å²) in [7, 11) is 0. The Hall–Kier alpha value is -0.540. The summed E-state index contributed by atoms with van der Waals surface area (Å²) in [6.45, 7) is 4.02. The molecule has 3 heteroatoms. The second-order valence-electron chi connectivity index (χ2n) is 4.18. The molecular weight excluding hydrogens is 242 g/mol. The normalized spacial score (nSPS) is 18.3. The maximum atomic E-state index is 9.95. The molecule has 0 aromatic heterocycles. The van der Waals surface area contributed by atoms with E-state index in [1.165, 1.54) is 5.56 Å². The Morgan fingerprint density at radius 2 is 2.00 bits per heavy atom. The number of phenolic OH excluding ortho intramolecular Hbond substituents is 1. The number of hydrogen-bond acceptors (Lipinski definition) is 2. The number of hydrogen-bond donors (Lipinski definition) is 2. The minimum atomic E-state index is -0.273. The van der Waals surface area contributed by atoms with Crippen molar-refractivity contribution >= 4 is 15.9 Å². The molecule has 0 radical (unpaired) electrons. The smallest absolute Gasteiger partial charge is 0.135 e. The van der Waals surface area contributed by atoms with E-state index >= 15 is 0 Å². The van der Waals surface area contributed by atoms with E-state index in [2.05, 4.69) is 15.9 Å². The van der Waals surface area contributed by atoms with E-state index in [1.807, 2.05) is 19.9 Å². The SMILES string of the molecule is Cc1cc(C2(N)CC2)c(O)c(Br)c1C. The molecule has 1 saturated carbocycles. The van der Waals surface area contributed by atoms with E-state index < -0.39 is 0 Å². The van der Waals surface area contributed by atoms with E-state index in [4.69, 9.17) is 5.73 Å². The first-order chi connectivity index (χ1) is 6.46. The Morgan fingerprint density at radius 3 is 2.50 bits per heavy atom. The first-order valence-corrected chi connectivity index (χ1v) is 5.53. The first kappa shape index (κ1) is 9.99. The molecule has 2 nitrogen and oxygen atoms in total. The number of aromatic hydroxyl groups is 1. The molecule has 1 aliphatic rings. The molecule has 0 amide bonds. The van der Waals surface area contributed by atoms with Gasteiger partial charge in [0.05, 0.1) is 4.47 Å². The van der Waals surface area contributed by atoms with Crippen LogP contribution in [0.5, 0.6) is 5.75 Å². The van der Waals surface area contributed by atoms with Crippen molar-refractivity contribution < 1.29 is 5.11 Å². The molecule has 14 heavy (non-hydrogen) atoms. The van der Waals surface area contributed by atoms with Crippen molar-refractivity contribution in [1.82, 2.24) is 0 Å². The first-order valence-electron chi connectivity index (χ1n) is 4.74. The quantitative estimate of drug-likeness (QED) is 0.811. The van der Waals surface area contributed by atoms with Gasteiger partial charge in [0.1, 0.15) is 5.75 Å². The Balaban J connectivity index is 2.62. The zero-order chi connectivity index (χ0) is 10.5. The molecule has 0 atom stereocenters. The van der Waals surface area contributed by atoms with Gasteiger partial charge in [-0.05, 0) is 53.7 Å². The second-order valence-corrected chi connectivity index (χ2v) is 4.98. The van der Waals surface area contributed by atoms with Gasteiger partial charge in [0, 0.05) is 11.1 Å². The fourth-order valence-electron chi connectivity index (χ4n) is 1.65. The van der Waals surface area contributed by atoms with Crippen molar-refractivity contribution in [1.29, 1.82) is 0 Å². The Labute approximate surface area is 92.3 Å². The lowest BCUT2D eigenvalue weighted by molar-refractivity contribution is 0.455. The Morgan fingerprint density at radius 1 is 1.43 bits per heavy atom. The molecule has 0 saturated heterocycles. The van der Waals surface area contributed by atoms with Crippen LogP contribution in [0.15, 0.2) is 10.5 Å². The van der Waals surface area contributed by atoms with Crippen molar-refractivity contribution in [3.63, 3.8) is 0 Å². The molecule has 3 N–H and O–H groups in total. The highest BCUT2D eigenvalue weighted by molar-refractivity contribution is 9.10. The average Bonchev–Trinajstić information content (AvgIpc) is 2.87. The summed E-state index contributed by atoms with van der Waals surface area (Å²) >= 11 is 3.40.